The third kappa shape index (κ3) is 3.37. The molecule has 0 fully saturated rings. The van der Waals surface area contributed by atoms with Gasteiger partial charge in [-0.3, -0.25) is 4.79 Å². The molecule has 0 spiro atoms. The van der Waals surface area contributed by atoms with Gasteiger partial charge in [0.05, 0.1) is 0 Å². The van der Waals surface area contributed by atoms with Gasteiger partial charge < -0.3 is 5.73 Å². The largest absolute Gasteiger partial charge is 0.366 e. The summed E-state index contributed by atoms with van der Waals surface area (Å²) >= 11 is 0. The Morgan fingerprint density at radius 3 is 2.62 bits per heavy atom. The normalized spacial score (nSPS) is 12.4. The summed E-state index contributed by atoms with van der Waals surface area (Å²) in [6, 6.07) is 7.66. The van der Waals surface area contributed by atoms with Crippen LogP contribution >= 0.6 is 0 Å². The number of hydrogen-bond acceptors (Lipinski definition) is 1. The van der Waals surface area contributed by atoms with Crippen molar-refractivity contribution in [3.05, 3.63) is 35.4 Å². The second kappa shape index (κ2) is 6.31. The van der Waals surface area contributed by atoms with Gasteiger partial charge in [-0.1, -0.05) is 51.3 Å². The molecule has 2 heteroatoms. The molecule has 0 aliphatic rings. The molecule has 0 radical (unpaired) electrons. The zero-order valence-electron chi connectivity index (χ0n) is 10.2. The molecule has 16 heavy (non-hydrogen) atoms. The fourth-order valence-electron chi connectivity index (χ4n) is 2.01. The Hall–Kier alpha value is -1.31. The van der Waals surface area contributed by atoms with Gasteiger partial charge in [0, 0.05) is 5.56 Å². The maximum absolute atomic E-state index is 11.3. The van der Waals surface area contributed by atoms with E-state index in [9.17, 15) is 4.79 Å². The van der Waals surface area contributed by atoms with Crippen LogP contribution in [0.25, 0.3) is 0 Å². The van der Waals surface area contributed by atoms with E-state index < -0.39 is 0 Å². The Bertz CT molecular complexity index is 346. The quantitative estimate of drug-likeness (QED) is 0.731. The first kappa shape index (κ1) is 12.8. The summed E-state index contributed by atoms with van der Waals surface area (Å²) in [6.07, 6.45) is 4.82. The van der Waals surface area contributed by atoms with Gasteiger partial charge in [0.2, 0.25) is 5.91 Å². The predicted molar refractivity (Wildman–Crippen MR) is 67.5 cm³/mol. The average molecular weight is 219 g/mol. The lowest BCUT2D eigenvalue weighted by Crippen LogP contribution is -2.14. The first-order valence-corrected chi connectivity index (χ1v) is 6.05. The van der Waals surface area contributed by atoms with Crippen molar-refractivity contribution < 1.29 is 4.79 Å². The van der Waals surface area contributed by atoms with Gasteiger partial charge in [0.1, 0.15) is 0 Å². The molecule has 1 aromatic rings. The smallest absolute Gasteiger partial charge is 0.248 e. The molecule has 0 aromatic heterocycles. The van der Waals surface area contributed by atoms with E-state index in [4.69, 9.17) is 5.73 Å². The van der Waals surface area contributed by atoms with Crippen molar-refractivity contribution >= 4 is 5.91 Å². The molecule has 2 nitrogen and oxygen atoms in total. The highest BCUT2D eigenvalue weighted by atomic mass is 16.1. The van der Waals surface area contributed by atoms with E-state index in [-0.39, 0.29) is 5.91 Å². The monoisotopic (exact) mass is 219 g/mol. The summed E-state index contributed by atoms with van der Waals surface area (Å²) in [6.45, 7) is 4.36. The summed E-state index contributed by atoms with van der Waals surface area (Å²) in [4.78, 5) is 11.3. The Morgan fingerprint density at radius 2 is 2.00 bits per heavy atom. The number of amides is 1. The number of benzene rings is 1. The molecule has 0 heterocycles. The SMILES string of the molecule is CCCCCC(C)c1ccccc1C(N)=O. The van der Waals surface area contributed by atoms with Crippen LogP contribution < -0.4 is 5.73 Å². The van der Waals surface area contributed by atoms with Gasteiger partial charge in [0.15, 0.2) is 0 Å². The zero-order chi connectivity index (χ0) is 12.0. The highest BCUT2D eigenvalue weighted by Gasteiger charge is 2.12. The van der Waals surface area contributed by atoms with E-state index in [0.29, 0.717) is 11.5 Å². The third-order valence-corrected chi connectivity index (χ3v) is 3.00. The number of hydrogen-bond donors (Lipinski definition) is 1. The lowest BCUT2D eigenvalue weighted by atomic mass is 9.91. The number of carbonyl (C=O) groups excluding carboxylic acids is 1. The molecule has 0 saturated heterocycles. The van der Waals surface area contributed by atoms with Crippen LogP contribution in [-0.2, 0) is 0 Å². The molecule has 0 aliphatic carbocycles. The minimum absolute atomic E-state index is 0.321. The molecule has 1 aromatic carbocycles. The Labute approximate surface area is 97.9 Å². The molecule has 1 unspecified atom stereocenters. The first-order chi connectivity index (χ1) is 7.66. The number of rotatable bonds is 6. The molecule has 1 amide bonds. The fraction of sp³-hybridized carbons (Fsp3) is 0.500. The number of unbranched alkanes of at least 4 members (excludes halogenated alkanes) is 2. The summed E-state index contributed by atoms with van der Waals surface area (Å²) < 4.78 is 0. The van der Waals surface area contributed by atoms with E-state index in [2.05, 4.69) is 13.8 Å². The highest BCUT2D eigenvalue weighted by molar-refractivity contribution is 5.94. The maximum Gasteiger partial charge on any atom is 0.248 e. The first-order valence-electron chi connectivity index (χ1n) is 6.05. The second-order valence-corrected chi connectivity index (χ2v) is 4.35. The molecular formula is C14H21NO. The van der Waals surface area contributed by atoms with Crippen LogP contribution in [-0.4, -0.2) is 5.91 Å². The van der Waals surface area contributed by atoms with Crippen LogP contribution in [0.4, 0.5) is 0 Å². The van der Waals surface area contributed by atoms with Crippen LogP contribution in [0.1, 0.15) is 61.4 Å². The van der Waals surface area contributed by atoms with Crippen molar-refractivity contribution in [2.24, 2.45) is 5.73 Å². The van der Waals surface area contributed by atoms with Gasteiger partial charge in [-0.25, -0.2) is 0 Å². The molecule has 0 aliphatic heterocycles. The molecule has 1 rings (SSSR count). The minimum Gasteiger partial charge on any atom is -0.366 e. The van der Waals surface area contributed by atoms with E-state index in [1.165, 1.54) is 19.3 Å². The van der Waals surface area contributed by atoms with Crippen molar-refractivity contribution in [1.82, 2.24) is 0 Å². The second-order valence-electron chi connectivity index (χ2n) is 4.35. The van der Waals surface area contributed by atoms with Crippen molar-refractivity contribution in [1.29, 1.82) is 0 Å². The zero-order valence-corrected chi connectivity index (χ0v) is 10.2. The van der Waals surface area contributed by atoms with E-state index in [1.54, 1.807) is 0 Å². The maximum atomic E-state index is 11.3. The minimum atomic E-state index is -0.321. The summed E-state index contributed by atoms with van der Waals surface area (Å²) in [5, 5.41) is 0. The van der Waals surface area contributed by atoms with Gasteiger partial charge in [0.25, 0.3) is 0 Å². The Kier molecular flexibility index (Phi) is 5.03. The van der Waals surface area contributed by atoms with Gasteiger partial charge >= 0.3 is 0 Å². The Balaban J connectivity index is 2.74. The molecular weight excluding hydrogens is 198 g/mol. The van der Waals surface area contributed by atoms with Gasteiger partial charge in [-0.2, -0.15) is 0 Å². The van der Waals surface area contributed by atoms with E-state index in [1.807, 2.05) is 24.3 Å². The van der Waals surface area contributed by atoms with Crippen molar-refractivity contribution in [3.8, 4) is 0 Å². The van der Waals surface area contributed by atoms with Crippen LogP contribution in [0.2, 0.25) is 0 Å². The lowest BCUT2D eigenvalue weighted by Gasteiger charge is -2.14. The summed E-state index contributed by atoms with van der Waals surface area (Å²) in [7, 11) is 0. The predicted octanol–water partition coefficient (Wildman–Crippen LogP) is 3.47. The summed E-state index contributed by atoms with van der Waals surface area (Å²) in [5.74, 6) is 0.0909. The molecule has 0 saturated carbocycles. The summed E-state index contributed by atoms with van der Waals surface area (Å²) in [5.41, 5.74) is 7.13. The van der Waals surface area contributed by atoms with Crippen molar-refractivity contribution in [2.45, 2.75) is 45.4 Å². The third-order valence-electron chi connectivity index (χ3n) is 3.00. The topological polar surface area (TPSA) is 43.1 Å². The molecule has 88 valence electrons. The fourth-order valence-corrected chi connectivity index (χ4v) is 2.01. The highest BCUT2D eigenvalue weighted by Crippen LogP contribution is 2.24. The Morgan fingerprint density at radius 1 is 1.31 bits per heavy atom. The average Bonchev–Trinajstić information content (AvgIpc) is 2.29. The van der Waals surface area contributed by atoms with Gasteiger partial charge in [-0.15, -0.1) is 0 Å². The van der Waals surface area contributed by atoms with Crippen LogP contribution in [0, 0.1) is 0 Å². The van der Waals surface area contributed by atoms with Crippen LogP contribution in [0.3, 0.4) is 0 Å². The van der Waals surface area contributed by atoms with Crippen LogP contribution in [0.15, 0.2) is 24.3 Å². The van der Waals surface area contributed by atoms with Crippen molar-refractivity contribution in [2.75, 3.05) is 0 Å². The van der Waals surface area contributed by atoms with E-state index >= 15 is 0 Å². The standard InChI is InChI=1S/C14H21NO/c1-3-4-5-8-11(2)12-9-6-7-10-13(12)14(15)16/h6-7,9-11H,3-5,8H2,1-2H3,(H2,15,16). The van der Waals surface area contributed by atoms with E-state index in [0.717, 1.165) is 12.0 Å². The number of nitrogens with two attached hydrogens (primary N) is 1. The lowest BCUT2D eigenvalue weighted by molar-refractivity contribution is 0.0999. The molecule has 2 N–H and O–H groups in total. The molecule has 1 atom stereocenters. The van der Waals surface area contributed by atoms with Crippen LogP contribution in [0.5, 0.6) is 0 Å². The van der Waals surface area contributed by atoms with Gasteiger partial charge in [-0.05, 0) is 24.0 Å². The number of primary amides is 1. The molecule has 0 bridgehead atoms. The van der Waals surface area contributed by atoms with Crippen molar-refractivity contribution in [3.63, 3.8) is 0 Å². The number of carbonyl (C=O) groups is 1.